The molecule has 4 heteroatoms. The highest BCUT2D eigenvalue weighted by Crippen LogP contribution is 2.51. The summed E-state index contributed by atoms with van der Waals surface area (Å²) in [4.78, 5) is 0. The predicted octanol–water partition coefficient (Wildman–Crippen LogP) is 4.05. The monoisotopic (exact) mass is 301 g/mol. The average molecular weight is 302 g/mol. The summed E-state index contributed by atoms with van der Waals surface area (Å²) < 4.78 is 0. The molecule has 1 atom stereocenters. The highest BCUT2D eigenvalue weighted by Gasteiger charge is 2.44. The molecule has 2 rings (SSSR count). The molecule has 0 amide bonds. The van der Waals surface area contributed by atoms with E-state index >= 15 is 0 Å². The Morgan fingerprint density at radius 2 is 2.00 bits per heavy atom. The minimum atomic E-state index is -0.617. The second-order valence-electron chi connectivity index (χ2n) is 5.83. The first-order chi connectivity index (χ1) is 8.94. The molecule has 1 aromatic rings. The van der Waals surface area contributed by atoms with E-state index in [1.54, 1.807) is 18.2 Å². The van der Waals surface area contributed by atoms with Crippen molar-refractivity contribution in [1.29, 1.82) is 0 Å². The van der Waals surface area contributed by atoms with Gasteiger partial charge in [-0.25, -0.2) is 0 Å². The average Bonchev–Trinajstić information content (AvgIpc) is 3.13. The Morgan fingerprint density at radius 3 is 2.58 bits per heavy atom. The van der Waals surface area contributed by atoms with Gasteiger partial charge < -0.3 is 10.4 Å². The van der Waals surface area contributed by atoms with Crippen molar-refractivity contribution in [3.05, 3.63) is 33.8 Å². The maximum atomic E-state index is 10.2. The van der Waals surface area contributed by atoms with Crippen LogP contribution < -0.4 is 5.32 Å². The van der Waals surface area contributed by atoms with Crippen molar-refractivity contribution in [3.8, 4) is 0 Å². The Hall–Kier alpha value is -0.280. The van der Waals surface area contributed by atoms with Crippen LogP contribution in [0.3, 0.4) is 0 Å². The normalized spacial score (nSPS) is 18.6. The number of rotatable bonds is 6. The van der Waals surface area contributed by atoms with Gasteiger partial charge in [0.05, 0.1) is 6.10 Å². The van der Waals surface area contributed by atoms with Gasteiger partial charge in [0, 0.05) is 28.7 Å². The van der Waals surface area contributed by atoms with Gasteiger partial charge in [-0.05, 0) is 42.4 Å². The Labute approximate surface area is 125 Å². The number of aliphatic hydroxyl groups excluding tert-OH is 1. The summed E-state index contributed by atoms with van der Waals surface area (Å²) >= 11 is 12.0. The Balaban J connectivity index is 1.88. The first-order valence-corrected chi connectivity index (χ1v) is 7.54. The molecule has 2 nitrogen and oxygen atoms in total. The molecule has 0 radical (unpaired) electrons. The quantitative estimate of drug-likeness (QED) is 0.831. The number of hydrogen-bond acceptors (Lipinski definition) is 2. The lowest BCUT2D eigenvalue weighted by Crippen LogP contribution is -2.31. The molecular weight excluding hydrogens is 281 g/mol. The number of halogens is 2. The summed E-state index contributed by atoms with van der Waals surface area (Å²) in [6.07, 6.45) is 1.95. The summed E-state index contributed by atoms with van der Waals surface area (Å²) in [5.41, 5.74) is 1.13. The van der Waals surface area contributed by atoms with Crippen molar-refractivity contribution in [2.75, 3.05) is 13.1 Å². The first kappa shape index (κ1) is 15.1. The zero-order valence-electron chi connectivity index (χ0n) is 11.4. The van der Waals surface area contributed by atoms with Crippen LogP contribution in [0.15, 0.2) is 18.2 Å². The lowest BCUT2D eigenvalue weighted by Gasteiger charge is -2.21. The third-order valence-electron chi connectivity index (χ3n) is 4.25. The second-order valence-corrected chi connectivity index (χ2v) is 6.67. The highest BCUT2D eigenvalue weighted by molar-refractivity contribution is 6.33. The molecule has 1 unspecified atom stereocenters. The highest BCUT2D eigenvalue weighted by atomic mass is 35.5. The minimum Gasteiger partial charge on any atom is -0.387 e. The fourth-order valence-electron chi connectivity index (χ4n) is 2.46. The maximum absolute atomic E-state index is 10.2. The number of aliphatic hydroxyl groups is 1. The lowest BCUT2D eigenvalue weighted by atomic mass is 9.92. The zero-order chi connectivity index (χ0) is 14.0. The SMILES string of the molecule is CC(C)C1(CNCC(O)c2cc(Cl)ccc2Cl)CC1. The van der Waals surface area contributed by atoms with Crippen LogP contribution in [-0.2, 0) is 0 Å². The van der Waals surface area contributed by atoms with Gasteiger partial charge in [-0.1, -0.05) is 37.0 Å². The molecule has 0 spiro atoms. The van der Waals surface area contributed by atoms with Crippen molar-refractivity contribution >= 4 is 23.2 Å². The predicted molar refractivity (Wildman–Crippen MR) is 80.8 cm³/mol. The molecule has 1 aliphatic carbocycles. The van der Waals surface area contributed by atoms with Crippen LogP contribution in [0.25, 0.3) is 0 Å². The van der Waals surface area contributed by atoms with E-state index in [1.807, 2.05) is 0 Å². The van der Waals surface area contributed by atoms with Crippen molar-refractivity contribution in [3.63, 3.8) is 0 Å². The largest absolute Gasteiger partial charge is 0.387 e. The molecular formula is C15H21Cl2NO. The van der Waals surface area contributed by atoms with E-state index in [0.717, 1.165) is 6.54 Å². The molecule has 1 aromatic carbocycles. The van der Waals surface area contributed by atoms with Crippen molar-refractivity contribution in [2.24, 2.45) is 11.3 Å². The van der Waals surface area contributed by atoms with E-state index in [1.165, 1.54) is 12.8 Å². The van der Waals surface area contributed by atoms with Gasteiger partial charge in [0.1, 0.15) is 0 Å². The summed E-state index contributed by atoms with van der Waals surface area (Å²) in [6, 6.07) is 5.18. The Kier molecular flexibility index (Phi) is 4.78. The van der Waals surface area contributed by atoms with Gasteiger partial charge >= 0.3 is 0 Å². The van der Waals surface area contributed by atoms with Gasteiger partial charge in [0.15, 0.2) is 0 Å². The van der Waals surface area contributed by atoms with E-state index in [-0.39, 0.29) is 0 Å². The molecule has 0 saturated heterocycles. The topological polar surface area (TPSA) is 32.3 Å². The number of hydrogen-bond donors (Lipinski definition) is 2. The standard InChI is InChI=1S/C15H21Cl2NO/c1-10(2)15(5-6-15)9-18-8-14(19)12-7-11(16)3-4-13(12)17/h3-4,7,10,14,18-19H,5-6,8-9H2,1-2H3. The fourth-order valence-corrected chi connectivity index (χ4v) is 2.88. The Bertz CT molecular complexity index is 444. The van der Waals surface area contributed by atoms with E-state index in [4.69, 9.17) is 23.2 Å². The van der Waals surface area contributed by atoms with Crippen LogP contribution in [-0.4, -0.2) is 18.2 Å². The van der Waals surface area contributed by atoms with E-state index in [0.29, 0.717) is 33.5 Å². The molecule has 0 aliphatic heterocycles. The molecule has 0 bridgehead atoms. The molecule has 1 saturated carbocycles. The van der Waals surface area contributed by atoms with Crippen molar-refractivity contribution in [1.82, 2.24) is 5.32 Å². The molecule has 19 heavy (non-hydrogen) atoms. The number of nitrogens with one attached hydrogen (secondary N) is 1. The van der Waals surface area contributed by atoms with Crippen LogP contribution in [0, 0.1) is 11.3 Å². The molecule has 0 aromatic heterocycles. The van der Waals surface area contributed by atoms with Crippen LogP contribution in [0.5, 0.6) is 0 Å². The van der Waals surface area contributed by atoms with Crippen molar-refractivity contribution in [2.45, 2.75) is 32.8 Å². The smallest absolute Gasteiger partial charge is 0.0929 e. The lowest BCUT2D eigenvalue weighted by molar-refractivity contribution is 0.169. The first-order valence-electron chi connectivity index (χ1n) is 6.78. The number of benzene rings is 1. The second kappa shape index (κ2) is 6.01. The molecule has 1 fully saturated rings. The summed E-state index contributed by atoms with van der Waals surface area (Å²) in [5, 5.41) is 14.7. The molecule has 0 heterocycles. The van der Waals surface area contributed by atoms with Crippen LogP contribution in [0.4, 0.5) is 0 Å². The summed E-state index contributed by atoms with van der Waals surface area (Å²) in [5.74, 6) is 0.687. The van der Waals surface area contributed by atoms with Gasteiger partial charge in [-0.15, -0.1) is 0 Å². The van der Waals surface area contributed by atoms with Crippen LogP contribution >= 0.6 is 23.2 Å². The molecule has 2 N–H and O–H groups in total. The van der Waals surface area contributed by atoms with Gasteiger partial charge in [0.25, 0.3) is 0 Å². The van der Waals surface area contributed by atoms with Gasteiger partial charge in [0.2, 0.25) is 0 Å². The van der Waals surface area contributed by atoms with Gasteiger partial charge in [-0.3, -0.25) is 0 Å². The zero-order valence-corrected chi connectivity index (χ0v) is 12.9. The summed E-state index contributed by atoms with van der Waals surface area (Å²) in [6.45, 7) is 5.99. The van der Waals surface area contributed by atoms with E-state index in [9.17, 15) is 5.11 Å². The minimum absolute atomic E-state index is 0.442. The molecule has 1 aliphatic rings. The van der Waals surface area contributed by atoms with Crippen LogP contribution in [0.2, 0.25) is 10.0 Å². The molecule has 106 valence electrons. The van der Waals surface area contributed by atoms with Crippen LogP contribution in [0.1, 0.15) is 38.4 Å². The maximum Gasteiger partial charge on any atom is 0.0929 e. The fraction of sp³-hybridized carbons (Fsp3) is 0.600. The van der Waals surface area contributed by atoms with E-state index in [2.05, 4.69) is 19.2 Å². The van der Waals surface area contributed by atoms with E-state index < -0.39 is 6.10 Å². The van der Waals surface area contributed by atoms with Crippen molar-refractivity contribution < 1.29 is 5.11 Å². The van der Waals surface area contributed by atoms with Gasteiger partial charge in [-0.2, -0.15) is 0 Å². The third-order valence-corrected chi connectivity index (χ3v) is 4.83. The Morgan fingerprint density at radius 1 is 1.32 bits per heavy atom. The summed E-state index contributed by atoms with van der Waals surface area (Å²) in [7, 11) is 0. The third kappa shape index (κ3) is 3.63.